The van der Waals surface area contributed by atoms with Crippen molar-refractivity contribution in [1.82, 2.24) is 5.32 Å². The third kappa shape index (κ3) is 5.99. The molecule has 0 aromatic heterocycles. The summed E-state index contributed by atoms with van der Waals surface area (Å²) in [5, 5.41) is 1.87. The second-order valence-corrected chi connectivity index (χ2v) is 2.25. The smallest absolute Gasteiger partial charge is 0.413 e. The summed E-state index contributed by atoms with van der Waals surface area (Å²) in [4.78, 5) is 32.3. The maximum absolute atomic E-state index is 10.9. The molecule has 0 rings (SSSR count). The number of hydrogen-bond acceptors (Lipinski definition) is 5. The van der Waals surface area contributed by atoms with E-state index in [4.69, 9.17) is 0 Å². The molecule has 0 saturated carbocycles. The molecule has 0 aliphatic carbocycles. The summed E-state index contributed by atoms with van der Waals surface area (Å²) in [7, 11) is 0. The third-order valence-electron chi connectivity index (χ3n) is 1.13. The van der Waals surface area contributed by atoms with Crippen molar-refractivity contribution in [2.24, 2.45) is 0 Å². The summed E-state index contributed by atoms with van der Waals surface area (Å²) >= 11 is 0. The fraction of sp³-hybridized carbons (Fsp3) is 0.625. The Morgan fingerprint density at radius 2 is 1.64 bits per heavy atom. The number of hydrogen-bond donors (Lipinski definition) is 1. The molecule has 0 heterocycles. The van der Waals surface area contributed by atoms with Crippen LogP contribution in [0.3, 0.4) is 0 Å². The van der Waals surface area contributed by atoms with E-state index >= 15 is 0 Å². The SMILES string of the molecule is CCOC(=O)CC(=O)NC(=O)OCC. The first kappa shape index (κ1) is 12.4. The molecule has 0 fully saturated rings. The van der Waals surface area contributed by atoms with Gasteiger partial charge in [0.25, 0.3) is 0 Å². The average Bonchev–Trinajstić information content (AvgIpc) is 2.03. The molecule has 0 aromatic carbocycles. The summed E-state index contributed by atoms with van der Waals surface area (Å²) in [6.07, 6.45) is -1.34. The number of rotatable bonds is 4. The number of amides is 2. The van der Waals surface area contributed by atoms with Crippen LogP contribution in [0.5, 0.6) is 0 Å². The van der Waals surface area contributed by atoms with Crippen molar-refractivity contribution in [2.45, 2.75) is 20.3 Å². The largest absolute Gasteiger partial charge is 0.466 e. The van der Waals surface area contributed by atoms with Crippen LogP contribution < -0.4 is 5.32 Å². The number of carbonyl (C=O) groups excluding carboxylic acids is 3. The molecular weight excluding hydrogens is 190 g/mol. The molecule has 14 heavy (non-hydrogen) atoms. The Hall–Kier alpha value is -1.59. The standard InChI is InChI=1S/C8H13NO5/c1-3-13-7(11)5-6(10)9-8(12)14-4-2/h3-5H2,1-2H3,(H,9,10,12). The van der Waals surface area contributed by atoms with Gasteiger partial charge in [0, 0.05) is 0 Å². The third-order valence-corrected chi connectivity index (χ3v) is 1.13. The number of alkyl carbamates (subject to hydrolysis) is 1. The lowest BCUT2D eigenvalue weighted by atomic mass is 10.4. The first-order valence-electron chi connectivity index (χ1n) is 4.22. The van der Waals surface area contributed by atoms with E-state index in [2.05, 4.69) is 9.47 Å². The van der Waals surface area contributed by atoms with Gasteiger partial charge in [0.15, 0.2) is 0 Å². The highest BCUT2D eigenvalue weighted by molar-refractivity contribution is 6.00. The van der Waals surface area contributed by atoms with E-state index < -0.39 is 24.4 Å². The van der Waals surface area contributed by atoms with Gasteiger partial charge in [-0.15, -0.1) is 0 Å². The van der Waals surface area contributed by atoms with Gasteiger partial charge in [-0.05, 0) is 13.8 Å². The summed E-state index contributed by atoms with van der Waals surface area (Å²) < 4.78 is 8.93. The molecule has 6 heteroatoms. The number of ether oxygens (including phenoxy) is 2. The van der Waals surface area contributed by atoms with E-state index in [1.807, 2.05) is 5.32 Å². The lowest BCUT2D eigenvalue weighted by molar-refractivity contribution is -0.145. The van der Waals surface area contributed by atoms with Gasteiger partial charge in [-0.3, -0.25) is 14.9 Å². The summed E-state index contributed by atoms with van der Waals surface area (Å²) in [6.45, 7) is 3.60. The highest BCUT2D eigenvalue weighted by atomic mass is 16.5. The molecule has 0 aromatic rings. The number of carbonyl (C=O) groups is 3. The quantitative estimate of drug-likeness (QED) is 0.521. The Bertz CT molecular complexity index is 204. The molecular formula is C8H13NO5. The monoisotopic (exact) mass is 203 g/mol. The lowest BCUT2D eigenvalue weighted by Gasteiger charge is -2.03. The fourth-order valence-corrected chi connectivity index (χ4v) is 0.668. The summed E-state index contributed by atoms with van der Waals surface area (Å²) in [6, 6.07) is 0. The average molecular weight is 203 g/mol. The van der Waals surface area contributed by atoms with Gasteiger partial charge in [0.1, 0.15) is 6.42 Å². The van der Waals surface area contributed by atoms with Crippen LogP contribution in [0.1, 0.15) is 20.3 Å². The Labute approximate surface area is 81.6 Å². The van der Waals surface area contributed by atoms with Crippen molar-refractivity contribution in [1.29, 1.82) is 0 Å². The number of esters is 1. The highest BCUT2D eigenvalue weighted by Crippen LogP contribution is 1.87. The molecule has 0 spiro atoms. The van der Waals surface area contributed by atoms with E-state index in [1.165, 1.54) is 0 Å². The number of nitrogens with one attached hydrogen (secondary N) is 1. The molecule has 0 bridgehead atoms. The molecule has 80 valence electrons. The van der Waals surface area contributed by atoms with Crippen molar-refractivity contribution in [2.75, 3.05) is 13.2 Å². The highest BCUT2D eigenvalue weighted by Gasteiger charge is 2.13. The zero-order valence-corrected chi connectivity index (χ0v) is 8.16. The minimum atomic E-state index is -0.859. The van der Waals surface area contributed by atoms with Crippen molar-refractivity contribution >= 4 is 18.0 Å². The maximum Gasteiger partial charge on any atom is 0.413 e. The van der Waals surface area contributed by atoms with Crippen LogP contribution in [0, 0.1) is 0 Å². The van der Waals surface area contributed by atoms with E-state index in [0.717, 1.165) is 0 Å². The van der Waals surface area contributed by atoms with Crippen LogP contribution in [-0.2, 0) is 19.1 Å². The minimum absolute atomic E-state index is 0.165. The zero-order chi connectivity index (χ0) is 11.0. The molecule has 2 amide bonds. The Balaban J connectivity index is 3.75. The van der Waals surface area contributed by atoms with E-state index in [9.17, 15) is 14.4 Å². The molecule has 0 saturated heterocycles. The Kier molecular flexibility index (Phi) is 6.09. The van der Waals surface area contributed by atoms with Crippen LogP contribution in [-0.4, -0.2) is 31.2 Å². The summed E-state index contributed by atoms with van der Waals surface area (Å²) in [5.41, 5.74) is 0. The van der Waals surface area contributed by atoms with Gasteiger partial charge >= 0.3 is 12.1 Å². The van der Waals surface area contributed by atoms with Crippen LogP contribution >= 0.6 is 0 Å². The first-order valence-corrected chi connectivity index (χ1v) is 4.22. The van der Waals surface area contributed by atoms with E-state index in [1.54, 1.807) is 13.8 Å². The van der Waals surface area contributed by atoms with Gasteiger partial charge in [-0.2, -0.15) is 0 Å². The van der Waals surface area contributed by atoms with Gasteiger partial charge in [0.2, 0.25) is 5.91 Å². The molecule has 1 N–H and O–H groups in total. The predicted molar refractivity (Wildman–Crippen MR) is 46.4 cm³/mol. The normalized spacial score (nSPS) is 9.00. The van der Waals surface area contributed by atoms with Crippen LogP contribution in [0.25, 0.3) is 0 Å². The van der Waals surface area contributed by atoms with Crippen LogP contribution in [0.15, 0.2) is 0 Å². The lowest BCUT2D eigenvalue weighted by Crippen LogP contribution is -2.32. The van der Waals surface area contributed by atoms with Gasteiger partial charge in [-0.1, -0.05) is 0 Å². The second-order valence-electron chi connectivity index (χ2n) is 2.25. The van der Waals surface area contributed by atoms with Crippen molar-refractivity contribution < 1.29 is 23.9 Å². The Morgan fingerprint density at radius 3 is 2.14 bits per heavy atom. The first-order chi connectivity index (χ1) is 6.60. The van der Waals surface area contributed by atoms with E-state index in [0.29, 0.717) is 0 Å². The second kappa shape index (κ2) is 6.88. The Morgan fingerprint density at radius 1 is 1.07 bits per heavy atom. The van der Waals surface area contributed by atoms with Gasteiger partial charge in [-0.25, -0.2) is 4.79 Å². The molecule has 0 aliphatic heterocycles. The van der Waals surface area contributed by atoms with Crippen LogP contribution in [0.4, 0.5) is 4.79 Å². The predicted octanol–water partition coefficient (Wildman–Crippen LogP) is 0.212. The van der Waals surface area contributed by atoms with Crippen molar-refractivity contribution in [3.8, 4) is 0 Å². The fourth-order valence-electron chi connectivity index (χ4n) is 0.668. The van der Waals surface area contributed by atoms with Crippen molar-refractivity contribution in [3.05, 3.63) is 0 Å². The number of imide groups is 1. The van der Waals surface area contributed by atoms with Gasteiger partial charge < -0.3 is 9.47 Å². The maximum atomic E-state index is 10.9. The van der Waals surface area contributed by atoms with Crippen LogP contribution in [0.2, 0.25) is 0 Å². The van der Waals surface area contributed by atoms with E-state index in [-0.39, 0.29) is 13.2 Å². The molecule has 0 radical (unpaired) electrons. The van der Waals surface area contributed by atoms with Gasteiger partial charge in [0.05, 0.1) is 13.2 Å². The summed E-state index contributed by atoms with van der Waals surface area (Å²) in [5.74, 6) is -1.41. The molecule has 0 aliphatic rings. The van der Waals surface area contributed by atoms with Crippen molar-refractivity contribution in [3.63, 3.8) is 0 Å². The topological polar surface area (TPSA) is 81.7 Å². The molecule has 0 unspecified atom stereocenters. The minimum Gasteiger partial charge on any atom is -0.466 e. The zero-order valence-electron chi connectivity index (χ0n) is 8.16. The molecule has 0 atom stereocenters. The molecule has 6 nitrogen and oxygen atoms in total.